The van der Waals surface area contributed by atoms with Crippen molar-refractivity contribution in [2.24, 2.45) is 0 Å². The van der Waals surface area contributed by atoms with Crippen LogP contribution in [0.15, 0.2) is 18.5 Å². The highest BCUT2D eigenvalue weighted by Crippen LogP contribution is 2.22. The number of ether oxygens (including phenoxy) is 1. The summed E-state index contributed by atoms with van der Waals surface area (Å²) in [5, 5.41) is 9.93. The van der Waals surface area contributed by atoms with E-state index in [4.69, 9.17) is 33.0 Å². The molecule has 0 amide bonds. The fourth-order valence-electron chi connectivity index (χ4n) is 3.06. The Balaban J connectivity index is 1.62. The number of likely N-dealkylation sites (N-methyl/N-ethyl adjacent to an activating group) is 1. The number of hydrogen-bond donors (Lipinski definition) is 1. The predicted molar refractivity (Wildman–Crippen MR) is 95.4 cm³/mol. The zero-order chi connectivity index (χ0) is 18.0. The van der Waals surface area contributed by atoms with Crippen molar-refractivity contribution in [2.75, 3.05) is 39.8 Å². The molecule has 2 aromatic rings. The van der Waals surface area contributed by atoms with Gasteiger partial charge in [-0.3, -0.25) is 14.6 Å². The van der Waals surface area contributed by atoms with Crippen LogP contribution in [0.25, 0.3) is 5.65 Å². The standard InChI is InChI=1S/C16H20Cl2N4O3/c1-20(10-15(23)24)8-13-9-21(2-3-25-13)6-12-7-22-5-11(17)4-14(18)16(22)19-12/h4-5,7,13H,2-3,6,8-10H2,1H3,(H,23,24). The molecule has 0 radical (unpaired) electrons. The molecular weight excluding hydrogens is 367 g/mol. The second kappa shape index (κ2) is 7.88. The lowest BCUT2D eigenvalue weighted by atomic mass is 10.2. The van der Waals surface area contributed by atoms with Gasteiger partial charge in [-0.25, -0.2) is 4.98 Å². The first-order valence-electron chi connectivity index (χ1n) is 7.97. The molecular formula is C16H20Cl2N4O3. The Labute approximate surface area is 155 Å². The molecule has 0 bridgehead atoms. The zero-order valence-corrected chi connectivity index (χ0v) is 15.4. The zero-order valence-electron chi connectivity index (χ0n) is 13.9. The highest BCUT2D eigenvalue weighted by atomic mass is 35.5. The van der Waals surface area contributed by atoms with Crippen LogP contribution in [0, 0.1) is 0 Å². The van der Waals surface area contributed by atoms with Gasteiger partial charge in [0.25, 0.3) is 0 Å². The Kier molecular flexibility index (Phi) is 5.81. The van der Waals surface area contributed by atoms with E-state index in [1.807, 2.05) is 10.6 Å². The first-order valence-corrected chi connectivity index (χ1v) is 8.73. The number of morpholine rings is 1. The topological polar surface area (TPSA) is 70.3 Å². The number of carboxylic acids is 1. The van der Waals surface area contributed by atoms with E-state index in [0.29, 0.717) is 35.4 Å². The largest absolute Gasteiger partial charge is 0.480 e. The summed E-state index contributed by atoms with van der Waals surface area (Å²) >= 11 is 12.2. The van der Waals surface area contributed by atoms with E-state index < -0.39 is 5.97 Å². The average Bonchev–Trinajstić information content (AvgIpc) is 2.89. The molecule has 136 valence electrons. The van der Waals surface area contributed by atoms with Gasteiger partial charge in [-0.2, -0.15) is 0 Å². The number of fused-ring (bicyclic) bond motifs is 1. The summed E-state index contributed by atoms with van der Waals surface area (Å²) < 4.78 is 7.58. The second-order valence-corrected chi connectivity index (χ2v) is 7.13. The Morgan fingerprint density at radius 2 is 2.28 bits per heavy atom. The lowest BCUT2D eigenvalue weighted by molar-refractivity contribution is -0.138. The van der Waals surface area contributed by atoms with Crippen molar-refractivity contribution in [2.45, 2.75) is 12.6 Å². The van der Waals surface area contributed by atoms with Crippen LogP contribution >= 0.6 is 23.2 Å². The molecule has 1 aliphatic heterocycles. The SMILES string of the molecule is CN(CC(=O)O)CC1CN(Cc2cn3cc(Cl)cc(Cl)c3n2)CCO1. The number of carboxylic acid groups (broad SMARTS) is 1. The van der Waals surface area contributed by atoms with E-state index in [0.717, 1.165) is 18.8 Å². The number of imidazole rings is 1. The molecule has 25 heavy (non-hydrogen) atoms. The molecule has 1 saturated heterocycles. The molecule has 1 unspecified atom stereocenters. The number of nitrogens with zero attached hydrogens (tertiary/aromatic N) is 4. The number of hydrogen-bond acceptors (Lipinski definition) is 5. The molecule has 7 nitrogen and oxygen atoms in total. The van der Waals surface area contributed by atoms with E-state index >= 15 is 0 Å². The third-order valence-corrected chi connectivity index (χ3v) is 4.54. The monoisotopic (exact) mass is 386 g/mol. The molecule has 2 aromatic heterocycles. The van der Waals surface area contributed by atoms with Gasteiger partial charge in [0.2, 0.25) is 0 Å². The molecule has 3 rings (SSSR count). The van der Waals surface area contributed by atoms with Crippen LogP contribution in [0.2, 0.25) is 10.0 Å². The van der Waals surface area contributed by atoms with Crippen molar-refractivity contribution < 1.29 is 14.6 Å². The van der Waals surface area contributed by atoms with Crippen LogP contribution in [-0.2, 0) is 16.1 Å². The lowest BCUT2D eigenvalue weighted by Crippen LogP contribution is -2.47. The fraction of sp³-hybridized carbons (Fsp3) is 0.500. The quantitative estimate of drug-likeness (QED) is 0.816. The summed E-state index contributed by atoms with van der Waals surface area (Å²) in [6.07, 6.45) is 3.68. The van der Waals surface area contributed by atoms with Crippen molar-refractivity contribution in [3.8, 4) is 0 Å². The first-order chi connectivity index (χ1) is 11.9. The van der Waals surface area contributed by atoms with Crippen molar-refractivity contribution in [1.29, 1.82) is 0 Å². The number of carbonyl (C=O) groups is 1. The van der Waals surface area contributed by atoms with E-state index in [1.54, 1.807) is 24.2 Å². The van der Waals surface area contributed by atoms with Crippen molar-refractivity contribution in [1.82, 2.24) is 19.2 Å². The minimum atomic E-state index is -0.838. The first kappa shape index (κ1) is 18.4. The number of aromatic nitrogens is 2. The van der Waals surface area contributed by atoms with Crippen molar-refractivity contribution in [3.05, 3.63) is 34.2 Å². The van der Waals surface area contributed by atoms with Gasteiger partial charge in [0.15, 0.2) is 5.65 Å². The van der Waals surface area contributed by atoms with Crippen molar-refractivity contribution in [3.63, 3.8) is 0 Å². The predicted octanol–water partition coefficient (Wildman–Crippen LogP) is 1.86. The van der Waals surface area contributed by atoms with Gasteiger partial charge in [-0.05, 0) is 13.1 Å². The Hall–Kier alpha value is -1.38. The van der Waals surface area contributed by atoms with Crippen LogP contribution in [0.5, 0.6) is 0 Å². The molecule has 1 N–H and O–H groups in total. The molecule has 0 aromatic carbocycles. The van der Waals surface area contributed by atoms with Gasteiger partial charge in [-0.15, -0.1) is 0 Å². The molecule has 1 fully saturated rings. The third kappa shape index (κ3) is 4.83. The van der Waals surface area contributed by atoms with Gasteiger partial charge in [0, 0.05) is 38.6 Å². The molecule has 0 spiro atoms. The maximum absolute atomic E-state index is 10.8. The van der Waals surface area contributed by atoms with Crippen molar-refractivity contribution >= 4 is 34.8 Å². The van der Waals surface area contributed by atoms with E-state index in [2.05, 4.69) is 9.88 Å². The van der Waals surface area contributed by atoms with Crippen LogP contribution in [0.3, 0.4) is 0 Å². The summed E-state index contributed by atoms with van der Waals surface area (Å²) in [5.41, 5.74) is 1.59. The summed E-state index contributed by atoms with van der Waals surface area (Å²) in [5.74, 6) is -0.838. The normalized spacial score (nSPS) is 19.0. The minimum Gasteiger partial charge on any atom is -0.480 e. The molecule has 1 atom stereocenters. The Morgan fingerprint density at radius 3 is 3.04 bits per heavy atom. The second-order valence-electron chi connectivity index (χ2n) is 6.29. The van der Waals surface area contributed by atoms with Gasteiger partial charge in [0.1, 0.15) is 0 Å². The molecule has 0 saturated carbocycles. The van der Waals surface area contributed by atoms with Gasteiger partial charge in [-0.1, -0.05) is 23.2 Å². The Bertz CT molecular complexity index is 767. The summed E-state index contributed by atoms with van der Waals surface area (Å²) in [6.45, 7) is 3.42. The minimum absolute atomic E-state index is 0.00551. The smallest absolute Gasteiger partial charge is 0.317 e. The summed E-state index contributed by atoms with van der Waals surface area (Å²) in [4.78, 5) is 19.3. The van der Waals surface area contributed by atoms with Crippen LogP contribution in [-0.4, -0.2) is 76.2 Å². The fourth-order valence-corrected chi connectivity index (χ4v) is 3.59. The number of rotatable bonds is 6. The molecule has 9 heteroatoms. The van der Waals surface area contributed by atoms with E-state index in [1.165, 1.54) is 0 Å². The number of aliphatic carboxylic acids is 1. The highest BCUT2D eigenvalue weighted by molar-refractivity contribution is 6.36. The summed E-state index contributed by atoms with van der Waals surface area (Å²) in [6, 6.07) is 1.68. The number of halogens is 2. The molecule has 3 heterocycles. The molecule has 1 aliphatic rings. The summed E-state index contributed by atoms with van der Waals surface area (Å²) in [7, 11) is 1.78. The van der Waals surface area contributed by atoms with Crippen LogP contribution in [0.1, 0.15) is 5.69 Å². The van der Waals surface area contributed by atoms with Gasteiger partial charge >= 0.3 is 5.97 Å². The van der Waals surface area contributed by atoms with E-state index in [-0.39, 0.29) is 12.6 Å². The third-order valence-electron chi connectivity index (χ3n) is 4.05. The van der Waals surface area contributed by atoms with Gasteiger partial charge in [0.05, 0.1) is 35.0 Å². The Morgan fingerprint density at radius 1 is 1.48 bits per heavy atom. The van der Waals surface area contributed by atoms with E-state index in [9.17, 15) is 4.79 Å². The van der Waals surface area contributed by atoms with Crippen LogP contribution in [0.4, 0.5) is 0 Å². The maximum atomic E-state index is 10.8. The highest BCUT2D eigenvalue weighted by Gasteiger charge is 2.23. The average molecular weight is 387 g/mol. The van der Waals surface area contributed by atoms with Gasteiger partial charge < -0.3 is 14.2 Å². The van der Waals surface area contributed by atoms with Crippen LogP contribution < -0.4 is 0 Å². The molecule has 0 aliphatic carbocycles. The maximum Gasteiger partial charge on any atom is 0.317 e. The number of pyridine rings is 1. The lowest BCUT2D eigenvalue weighted by Gasteiger charge is -2.34.